The van der Waals surface area contributed by atoms with Gasteiger partial charge in [-0.3, -0.25) is 57.5 Å². The minimum absolute atomic E-state index is 0.00284. The summed E-state index contributed by atoms with van der Waals surface area (Å²) in [5, 5.41) is 8.16. The van der Waals surface area contributed by atoms with Gasteiger partial charge in [0.15, 0.2) is 0 Å². The summed E-state index contributed by atoms with van der Waals surface area (Å²) in [7, 11) is 10.7. The summed E-state index contributed by atoms with van der Waals surface area (Å²) < 4.78 is 131. The molecule has 24 nitrogen and oxygen atoms in total. The Morgan fingerprint density at radius 3 is 1.75 bits per heavy atom. The van der Waals surface area contributed by atoms with Crippen LogP contribution in [0.2, 0.25) is 0 Å². The molecule has 8 aliphatic rings. The number of hydrogen-bond acceptors (Lipinski definition) is 12. The first-order valence-corrected chi connectivity index (χ1v) is 37.7. The van der Waals surface area contributed by atoms with Gasteiger partial charge in [-0.05, 0) is 139 Å². The lowest BCUT2D eigenvalue weighted by molar-refractivity contribution is -0.219. The van der Waals surface area contributed by atoms with Gasteiger partial charge in [0.2, 0.25) is 70.9 Å². The Morgan fingerprint density at radius 2 is 1.20 bits per heavy atom. The van der Waals surface area contributed by atoms with Crippen molar-refractivity contribution in [1.29, 1.82) is 0 Å². The molecule has 33 heteroatoms. The number of hydrogen-bond donors (Lipinski definition) is 3. The fraction of sp³-hybridized carbons (Fsp3) is 0.808. The highest BCUT2D eigenvalue weighted by Gasteiger charge is 2.56. The molecule has 3 aliphatic heterocycles. The summed E-state index contributed by atoms with van der Waals surface area (Å²) in [6.07, 6.45) is -13.9. The number of fused-ring (bicyclic) bond motifs is 3. The number of nitrogens with zero attached hydrogens (tertiary/aromatic N) is 9. The minimum Gasteiger partial charge on any atom is -0.347 e. The summed E-state index contributed by atoms with van der Waals surface area (Å²) in [6, 6.07) is -11.8. The third kappa shape index (κ3) is 20.0. The number of rotatable bonds is 11. The zero-order chi connectivity index (χ0) is 78.4. The standard InChI is InChI=1S/C73H109F9N12O12/c1-11-41(2)60-68(104)88(6)40-58(97)89(7)51-20-13-12-16-31-93(67(51)103)55(35-43-23-26-46(27-24-43)72(77,78)79)66(102)87(5)39-56(95)83-50(28-25-44-32-48(75)59(49(76)33-44)73(80,81)82)64(100)94-38-47(74)36-53(94)63(99)85-71(29-17-30-71)70(106)92(10)61(45-18-14-15-19-45)69(105)91(9)54(65(101)86(3)4)37-57(96)90(8)52(62(98)84-60)34-42-21-22-42/h12-13,41-55,59-61H,11,14-40H2,1-10H3,(H,83,95)(H,84,98)(H,85,99)/b13-12-/t41-,43?,44?,46?,47+,48?,49?,50-,51-,52-,53-,54-,55-,59?,60-,61-/m0/s1. The van der Waals surface area contributed by atoms with Crippen molar-refractivity contribution in [1.82, 2.24) is 60.0 Å². The molecule has 596 valence electrons. The number of halogens is 9. The molecule has 3 N–H and O–H groups in total. The summed E-state index contributed by atoms with van der Waals surface area (Å²) in [5.74, 6) is -17.5. The van der Waals surface area contributed by atoms with Crippen molar-refractivity contribution in [2.24, 2.45) is 41.4 Å². The van der Waals surface area contributed by atoms with Crippen LogP contribution in [-0.2, 0) is 57.5 Å². The number of nitrogens with one attached hydrogen (secondary N) is 3. The van der Waals surface area contributed by atoms with Crippen LogP contribution in [0.15, 0.2) is 12.2 Å². The van der Waals surface area contributed by atoms with Gasteiger partial charge in [-0.25, -0.2) is 13.2 Å². The van der Waals surface area contributed by atoms with Crippen molar-refractivity contribution in [2.45, 2.75) is 253 Å². The average Bonchev–Trinajstić information content (AvgIpc) is 1.14. The molecular formula is C73H109F9N12O12. The molecule has 2 unspecified atom stereocenters. The zero-order valence-corrected chi connectivity index (χ0v) is 62.7. The normalized spacial score (nSPS) is 33.0. The number of amides is 12. The fourth-order valence-electron chi connectivity index (χ4n) is 16.9. The Bertz CT molecular complexity index is 3220. The van der Waals surface area contributed by atoms with E-state index in [9.17, 15) is 59.9 Å². The highest BCUT2D eigenvalue weighted by atomic mass is 19.4. The van der Waals surface area contributed by atoms with Crippen molar-refractivity contribution < 1.29 is 97.0 Å². The van der Waals surface area contributed by atoms with Crippen LogP contribution < -0.4 is 16.0 Å². The van der Waals surface area contributed by atoms with E-state index in [2.05, 4.69) is 16.0 Å². The number of carbonyl (C=O) groups excluding carboxylic acids is 12. The molecule has 12 amide bonds. The SMILES string of the molecule is CC[C@H](C)[C@@H]1NC(=O)[C@H](CC2CC2)N(C)C(=O)C[C@@H](C(=O)N(C)C)N(C)C(=O)[C@H](C2CCCC2)N(C)C(=O)C2(CCC2)NC(=O)[C@@H]2C[C@@H](F)CN2C(=O)[C@H](CCC2CC(F)C(C(F)(F)F)C(F)C2)NC(=O)CN(C)C(=O)[C@H](CC2CCC(C(F)(F)F)CC2)N2CC/C=C\C[C@@H](C2=O)N(C)C(=O)CN(C)C1=O. The van der Waals surface area contributed by atoms with Gasteiger partial charge in [-0.1, -0.05) is 58.1 Å². The summed E-state index contributed by atoms with van der Waals surface area (Å²) >= 11 is 0. The molecule has 8 rings (SSSR count). The number of carbonyl (C=O) groups is 12. The number of alkyl halides is 9. The van der Waals surface area contributed by atoms with E-state index in [1.54, 1.807) is 26.0 Å². The first-order chi connectivity index (χ1) is 49.7. The van der Waals surface area contributed by atoms with E-state index in [4.69, 9.17) is 0 Å². The van der Waals surface area contributed by atoms with E-state index >= 15 is 37.1 Å². The van der Waals surface area contributed by atoms with E-state index in [0.29, 0.717) is 38.5 Å². The second-order valence-electron chi connectivity index (χ2n) is 31.7. The largest absolute Gasteiger partial charge is 0.397 e. The fourth-order valence-corrected chi connectivity index (χ4v) is 16.9. The predicted octanol–water partition coefficient (Wildman–Crippen LogP) is 6.04. The Kier molecular flexibility index (Phi) is 28.2. The first-order valence-electron chi connectivity index (χ1n) is 37.7. The van der Waals surface area contributed by atoms with Gasteiger partial charge in [0.05, 0.1) is 32.0 Å². The van der Waals surface area contributed by atoms with Crippen LogP contribution in [0.4, 0.5) is 39.5 Å². The zero-order valence-electron chi connectivity index (χ0n) is 62.7. The lowest BCUT2D eigenvalue weighted by Gasteiger charge is -2.46. The maximum atomic E-state index is 16.1. The second-order valence-corrected chi connectivity index (χ2v) is 31.7. The van der Waals surface area contributed by atoms with E-state index in [-0.39, 0.29) is 76.7 Å². The van der Waals surface area contributed by atoms with Crippen molar-refractivity contribution in [3.05, 3.63) is 12.2 Å². The maximum Gasteiger partial charge on any atom is 0.397 e. The molecule has 2 saturated heterocycles. The predicted molar refractivity (Wildman–Crippen MR) is 368 cm³/mol. The molecule has 0 aromatic heterocycles. The molecule has 106 heavy (non-hydrogen) atoms. The van der Waals surface area contributed by atoms with Crippen LogP contribution in [0.25, 0.3) is 0 Å². The Balaban J connectivity index is 1.18. The molecule has 3 heterocycles. The average molecular weight is 1520 g/mol. The van der Waals surface area contributed by atoms with Gasteiger partial charge < -0.3 is 60.0 Å². The molecular weight excluding hydrogens is 1410 g/mol. The highest BCUT2D eigenvalue weighted by molar-refractivity contribution is 6.01. The molecule has 5 saturated carbocycles. The van der Waals surface area contributed by atoms with Crippen molar-refractivity contribution in [3.8, 4) is 0 Å². The van der Waals surface area contributed by atoms with E-state index in [0.717, 1.165) is 37.3 Å². The highest BCUT2D eigenvalue weighted by Crippen LogP contribution is 2.46. The second kappa shape index (κ2) is 35.4. The van der Waals surface area contributed by atoms with Crippen molar-refractivity contribution >= 4 is 70.9 Å². The Morgan fingerprint density at radius 1 is 0.604 bits per heavy atom. The topological polar surface area (TPSA) is 270 Å². The van der Waals surface area contributed by atoms with Gasteiger partial charge in [0.1, 0.15) is 78.3 Å². The molecule has 0 aromatic carbocycles. The third-order valence-electron chi connectivity index (χ3n) is 24.1. The third-order valence-corrected chi connectivity index (χ3v) is 24.1. The van der Waals surface area contributed by atoms with E-state index < -0.39 is 249 Å². The van der Waals surface area contributed by atoms with Crippen LogP contribution in [0.1, 0.15) is 168 Å². The molecule has 7 fully saturated rings. The lowest BCUT2D eigenvalue weighted by atomic mass is 9.74. The summed E-state index contributed by atoms with van der Waals surface area (Å²) in [4.78, 5) is 190. The molecule has 0 aromatic rings. The van der Waals surface area contributed by atoms with Gasteiger partial charge in [0, 0.05) is 69.3 Å². The quantitative estimate of drug-likeness (QED) is 0.158. The monoisotopic (exact) mass is 1520 g/mol. The first kappa shape index (κ1) is 84.4. The summed E-state index contributed by atoms with van der Waals surface area (Å²) in [5.41, 5.74) is -1.77. The van der Waals surface area contributed by atoms with Crippen LogP contribution in [0.3, 0.4) is 0 Å². The van der Waals surface area contributed by atoms with Crippen molar-refractivity contribution in [2.75, 3.05) is 82.6 Å². The van der Waals surface area contributed by atoms with Gasteiger partial charge in [-0.15, -0.1) is 0 Å². The van der Waals surface area contributed by atoms with Gasteiger partial charge in [-0.2, -0.15) is 26.3 Å². The van der Waals surface area contributed by atoms with Gasteiger partial charge in [0.25, 0.3) is 0 Å². The molecule has 0 radical (unpaired) electrons. The van der Waals surface area contributed by atoms with Crippen LogP contribution in [0, 0.1) is 41.4 Å². The molecule has 1 spiro atoms. The molecule has 5 aliphatic carbocycles. The smallest absolute Gasteiger partial charge is 0.347 e. The van der Waals surface area contributed by atoms with Crippen LogP contribution in [-0.4, -0.2) is 282 Å². The Hall–Kier alpha value is -7.25. The van der Waals surface area contributed by atoms with Crippen LogP contribution in [0.5, 0.6) is 0 Å². The lowest BCUT2D eigenvalue weighted by Crippen LogP contribution is -2.68. The summed E-state index contributed by atoms with van der Waals surface area (Å²) in [6.45, 7) is 0.948. The maximum absolute atomic E-state index is 16.1. The van der Waals surface area contributed by atoms with Crippen LogP contribution >= 0.6 is 0 Å². The van der Waals surface area contributed by atoms with E-state index in [1.807, 2.05) is 0 Å². The molecule has 12 atom stereocenters. The van der Waals surface area contributed by atoms with Gasteiger partial charge >= 0.3 is 12.4 Å². The Labute approximate surface area is 614 Å². The van der Waals surface area contributed by atoms with Crippen molar-refractivity contribution in [3.63, 3.8) is 0 Å². The number of likely N-dealkylation sites (N-methyl/N-ethyl adjacent to an activating group) is 7. The van der Waals surface area contributed by atoms with E-state index in [1.165, 1.54) is 76.0 Å². The minimum atomic E-state index is -5.24. The molecule has 2 bridgehead atoms.